The van der Waals surface area contributed by atoms with Gasteiger partial charge in [-0.15, -0.1) is 0 Å². The Morgan fingerprint density at radius 1 is 1.53 bits per heavy atom. The van der Waals surface area contributed by atoms with Crippen molar-refractivity contribution in [3.05, 3.63) is 17.7 Å². The van der Waals surface area contributed by atoms with E-state index in [0.717, 1.165) is 18.0 Å². The van der Waals surface area contributed by atoms with Gasteiger partial charge in [0, 0.05) is 11.9 Å². The predicted octanol–water partition coefficient (Wildman–Crippen LogP) is 1.77. The first-order valence-electron chi connectivity index (χ1n) is 5.48. The Hall–Kier alpha value is -1.32. The average Bonchev–Trinajstić information content (AvgIpc) is 2.77. The Morgan fingerprint density at radius 2 is 2.27 bits per heavy atom. The molecule has 0 radical (unpaired) electrons. The second kappa shape index (κ2) is 4.47. The molecule has 82 valence electrons. The molecule has 1 saturated carbocycles. The molecule has 2 N–H and O–H groups in total. The van der Waals surface area contributed by atoms with Crippen molar-refractivity contribution in [2.75, 3.05) is 0 Å². The third-order valence-corrected chi connectivity index (χ3v) is 2.98. The van der Waals surface area contributed by atoms with Crippen molar-refractivity contribution in [3.8, 4) is 0 Å². The van der Waals surface area contributed by atoms with Crippen LogP contribution in [0.25, 0.3) is 0 Å². The highest BCUT2D eigenvalue weighted by Gasteiger charge is 2.16. The minimum absolute atomic E-state index is 0.00926. The van der Waals surface area contributed by atoms with E-state index in [2.05, 4.69) is 9.97 Å². The van der Waals surface area contributed by atoms with Crippen molar-refractivity contribution >= 4 is 5.97 Å². The van der Waals surface area contributed by atoms with Crippen LogP contribution in [0.1, 0.15) is 37.2 Å². The fraction of sp³-hybridized carbons (Fsp3) is 0.636. The van der Waals surface area contributed by atoms with Crippen LogP contribution < -0.4 is 0 Å². The molecule has 0 aliphatic heterocycles. The summed E-state index contributed by atoms with van der Waals surface area (Å²) in [6.07, 6.45) is 8.05. The summed E-state index contributed by atoms with van der Waals surface area (Å²) in [6, 6.07) is 0. The van der Waals surface area contributed by atoms with Gasteiger partial charge >= 0.3 is 5.97 Å². The molecule has 0 atom stereocenters. The molecular weight excluding hydrogens is 192 g/mol. The third kappa shape index (κ3) is 2.81. The van der Waals surface area contributed by atoms with Gasteiger partial charge in [-0.25, -0.2) is 4.98 Å². The van der Waals surface area contributed by atoms with Gasteiger partial charge < -0.3 is 10.1 Å². The number of aliphatic carboxylic acids is 1. The number of aromatic nitrogens is 2. The lowest BCUT2D eigenvalue weighted by Crippen LogP contribution is -2.03. The molecule has 1 aromatic rings. The van der Waals surface area contributed by atoms with E-state index in [9.17, 15) is 4.79 Å². The highest BCUT2D eigenvalue weighted by Crippen LogP contribution is 2.27. The van der Waals surface area contributed by atoms with Crippen molar-refractivity contribution in [1.29, 1.82) is 0 Å². The zero-order valence-corrected chi connectivity index (χ0v) is 8.70. The number of hydrogen-bond donors (Lipinski definition) is 2. The lowest BCUT2D eigenvalue weighted by atomic mass is 10.0. The van der Waals surface area contributed by atoms with Crippen molar-refractivity contribution in [2.24, 2.45) is 5.92 Å². The summed E-state index contributed by atoms with van der Waals surface area (Å²) in [7, 11) is 0. The molecule has 0 spiro atoms. The first kappa shape index (κ1) is 10.2. The van der Waals surface area contributed by atoms with Crippen LogP contribution in [0.4, 0.5) is 0 Å². The van der Waals surface area contributed by atoms with Gasteiger partial charge in [0.1, 0.15) is 12.2 Å². The van der Waals surface area contributed by atoms with E-state index in [1.165, 1.54) is 25.7 Å². The lowest BCUT2D eigenvalue weighted by molar-refractivity contribution is -0.136. The summed E-state index contributed by atoms with van der Waals surface area (Å²) in [4.78, 5) is 17.6. The third-order valence-electron chi connectivity index (χ3n) is 2.98. The molecular formula is C11H16N2O2. The standard InChI is InChI=1S/C11H16N2O2/c14-11(15)6-10-12-7-9(13-10)5-8-3-1-2-4-8/h7-8H,1-6H2,(H,12,13)(H,14,15). The van der Waals surface area contributed by atoms with Crippen molar-refractivity contribution in [3.63, 3.8) is 0 Å². The second-order valence-corrected chi connectivity index (χ2v) is 4.28. The SMILES string of the molecule is O=C(O)Cc1ncc(CC2CCCC2)[nH]1. The molecule has 1 aromatic heterocycles. The van der Waals surface area contributed by atoms with E-state index in [1.807, 2.05) is 0 Å². The molecule has 0 saturated heterocycles. The van der Waals surface area contributed by atoms with Crippen molar-refractivity contribution < 1.29 is 9.90 Å². The van der Waals surface area contributed by atoms with Gasteiger partial charge in [0.15, 0.2) is 0 Å². The maximum absolute atomic E-state index is 10.5. The normalized spacial score (nSPS) is 17.1. The van der Waals surface area contributed by atoms with E-state index < -0.39 is 5.97 Å². The number of nitrogens with one attached hydrogen (secondary N) is 1. The Balaban J connectivity index is 1.91. The van der Waals surface area contributed by atoms with Gasteiger partial charge in [-0.3, -0.25) is 4.79 Å². The summed E-state index contributed by atoms with van der Waals surface area (Å²) in [6.45, 7) is 0. The Kier molecular flexibility index (Phi) is 3.04. The molecule has 1 aliphatic carbocycles. The number of nitrogens with zero attached hydrogens (tertiary/aromatic N) is 1. The minimum atomic E-state index is -0.836. The number of aromatic amines is 1. The molecule has 4 nitrogen and oxygen atoms in total. The highest BCUT2D eigenvalue weighted by molar-refractivity contribution is 5.68. The van der Waals surface area contributed by atoms with E-state index in [-0.39, 0.29) is 6.42 Å². The molecule has 1 heterocycles. The molecule has 15 heavy (non-hydrogen) atoms. The Labute approximate surface area is 88.7 Å². The summed E-state index contributed by atoms with van der Waals surface area (Å²) >= 11 is 0. The summed E-state index contributed by atoms with van der Waals surface area (Å²) < 4.78 is 0. The van der Waals surface area contributed by atoms with Crippen LogP contribution >= 0.6 is 0 Å². The number of H-pyrrole nitrogens is 1. The van der Waals surface area contributed by atoms with Crippen LogP contribution in [0, 0.1) is 5.92 Å². The molecule has 1 aliphatic rings. The Bertz CT molecular complexity index is 340. The van der Waals surface area contributed by atoms with Crippen molar-refractivity contribution in [1.82, 2.24) is 9.97 Å². The van der Waals surface area contributed by atoms with Crippen molar-refractivity contribution in [2.45, 2.75) is 38.5 Å². The van der Waals surface area contributed by atoms with Crippen LogP contribution in [0.3, 0.4) is 0 Å². The van der Waals surface area contributed by atoms with Gasteiger partial charge in [-0.1, -0.05) is 25.7 Å². The molecule has 0 bridgehead atoms. The topological polar surface area (TPSA) is 66.0 Å². The maximum atomic E-state index is 10.5. The Morgan fingerprint density at radius 3 is 2.93 bits per heavy atom. The highest BCUT2D eigenvalue weighted by atomic mass is 16.4. The average molecular weight is 208 g/mol. The second-order valence-electron chi connectivity index (χ2n) is 4.28. The molecule has 4 heteroatoms. The first-order chi connectivity index (χ1) is 7.24. The van der Waals surface area contributed by atoms with E-state index >= 15 is 0 Å². The van der Waals surface area contributed by atoms with Gasteiger partial charge in [0.2, 0.25) is 0 Å². The van der Waals surface area contributed by atoms with Gasteiger partial charge in [-0.05, 0) is 12.3 Å². The maximum Gasteiger partial charge on any atom is 0.311 e. The number of hydrogen-bond acceptors (Lipinski definition) is 2. The quantitative estimate of drug-likeness (QED) is 0.792. The molecule has 0 aromatic carbocycles. The zero-order chi connectivity index (χ0) is 10.7. The predicted molar refractivity (Wildman–Crippen MR) is 55.6 cm³/mol. The van der Waals surface area contributed by atoms with Crippen LogP contribution in [0.15, 0.2) is 6.20 Å². The molecule has 0 unspecified atom stereocenters. The fourth-order valence-electron chi connectivity index (χ4n) is 2.27. The van der Waals surface area contributed by atoms with E-state index in [0.29, 0.717) is 5.82 Å². The van der Waals surface area contributed by atoms with Gasteiger partial charge in [0.05, 0.1) is 0 Å². The number of carboxylic acid groups (broad SMARTS) is 1. The van der Waals surface area contributed by atoms with E-state index in [4.69, 9.17) is 5.11 Å². The molecule has 2 rings (SSSR count). The number of carbonyl (C=O) groups is 1. The lowest BCUT2D eigenvalue weighted by Gasteiger charge is -2.05. The number of imidazole rings is 1. The van der Waals surface area contributed by atoms with Crippen LogP contribution in [-0.2, 0) is 17.6 Å². The largest absolute Gasteiger partial charge is 0.481 e. The van der Waals surface area contributed by atoms with Gasteiger partial charge in [-0.2, -0.15) is 0 Å². The summed E-state index contributed by atoms with van der Waals surface area (Å²) in [5.41, 5.74) is 1.08. The number of carboxylic acids is 1. The summed E-state index contributed by atoms with van der Waals surface area (Å²) in [5, 5.41) is 8.60. The van der Waals surface area contributed by atoms with Crippen LogP contribution in [0.2, 0.25) is 0 Å². The number of rotatable bonds is 4. The minimum Gasteiger partial charge on any atom is -0.481 e. The summed E-state index contributed by atoms with van der Waals surface area (Å²) in [5.74, 6) is 0.496. The molecule has 0 amide bonds. The zero-order valence-electron chi connectivity index (χ0n) is 8.70. The monoisotopic (exact) mass is 208 g/mol. The van der Waals surface area contributed by atoms with Crippen LogP contribution in [0.5, 0.6) is 0 Å². The van der Waals surface area contributed by atoms with E-state index in [1.54, 1.807) is 6.20 Å². The molecule has 1 fully saturated rings. The van der Waals surface area contributed by atoms with Crippen LogP contribution in [-0.4, -0.2) is 21.0 Å². The fourth-order valence-corrected chi connectivity index (χ4v) is 2.27. The van der Waals surface area contributed by atoms with Gasteiger partial charge in [0.25, 0.3) is 0 Å². The smallest absolute Gasteiger partial charge is 0.311 e. The first-order valence-corrected chi connectivity index (χ1v) is 5.48.